The van der Waals surface area contributed by atoms with Crippen LogP contribution in [0.4, 0.5) is 8.78 Å². The van der Waals surface area contributed by atoms with E-state index in [4.69, 9.17) is 16.3 Å². The third kappa shape index (κ3) is 6.64. The highest BCUT2D eigenvalue weighted by Crippen LogP contribution is 2.26. The molecule has 0 aliphatic carbocycles. The molecule has 0 spiro atoms. The van der Waals surface area contributed by atoms with Crippen LogP contribution in [0.5, 0.6) is 0 Å². The SMILES string of the molecule is CC(Cc1ccc(Cl)cc1)NCCOC(c1ccc(F)cc1)c1ccc(F)cc1. The molecule has 29 heavy (non-hydrogen) atoms. The molecule has 3 rings (SSSR count). The summed E-state index contributed by atoms with van der Waals surface area (Å²) in [4.78, 5) is 0. The molecule has 2 nitrogen and oxygen atoms in total. The second kappa shape index (κ2) is 10.5. The fraction of sp³-hybridized carbons (Fsp3) is 0.250. The monoisotopic (exact) mass is 415 g/mol. The van der Waals surface area contributed by atoms with Crippen LogP contribution in [0, 0.1) is 11.6 Å². The smallest absolute Gasteiger partial charge is 0.123 e. The van der Waals surface area contributed by atoms with Gasteiger partial charge in [0.25, 0.3) is 0 Å². The first-order valence-electron chi connectivity index (χ1n) is 9.61. The highest BCUT2D eigenvalue weighted by Gasteiger charge is 2.15. The van der Waals surface area contributed by atoms with Gasteiger partial charge in [0.2, 0.25) is 0 Å². The molecule has 152 valence electrons. The Morgan fingerprint density at radius 2 is 1.34 bits per heavy atom. The Morgan fingerprint density at radius 1 is 0.828 bits per heavy atom. The predicted octanol–water partition coefficient (Wildman–Crippen LogP) is 5.95. The molecule has 1 unspecified atom stereocenters. The molecule has 0 fully saturated rings. The van der Waals surface area contributed by atoms with E-state index >= 15 is 0 Å². The largest absolute Gasteiger partial charge is 0.367 e. The van der Waals surface area contributed by atoms with Crippen LogP contribution in [0.1, 0.15) is 29.7 Å². The first-order valence-corrected chi connectivity index (χ1v) is 9.99. The molecular formula is C24H24ClF2NO. The Hall–Kier alpha value is -2.27. The van der Waals surface area contributed by atoms with Gasteiger partial charge in [-0.15, -0.1) is 0 Å². The number of nitrogens with one attached hydrogen (secondary N) is 1. The third-order valence-corrected chi connectivity index (χ3v) is 4.93. The third-order valence-electron chi connectivity index (χ3n) is 4.68. The van der Waals surface area contributed by atoms with Gasteiger partial charge in [0.1, 0.15) is 17.7 Å². The Morgan fingerprint density at radius 3 is 1.86 bits per heavy atom. The van der Waals surface area contributed by atoms with E-state index in [-0.39, 0.29) is 23.8 Å². The molecule has 3 aromatic rings. The number of rotatable bonds is 9. The lowest BCUT2D eigenvalue weighted by molar-refractivity contribution is 0.0807. The summed E-state index contributed by atoms with van der Waals surface area (Å²) in [6, 6.07) is 20.5. The van der Waals surface area contributed by atoms with Crippen molar-refractivity contribution in [3.63, 3.8) is 0 Å². The van der Waals surface area contributed by atoms with Crippen molar-refractivity contribution < 1.29 is 13.5 Å². The molecule has 0 aliphatic rings. The normalized spacial score (nSPS) is 12.3. The zero-order chi connectivity index (χ0) is 20.6. The summed E-state index contributed by atoms with van der Waals surface area (Å²) in [5.74, 6) is -0.603. The van der Waals surface area contributed by atoms with Gasteiger partial charge < -0.3 is 10.1 Å². The summed E-state index contributed by atoms with van der Waals surface area (Å²) < 4.78 is 32.7. The number of hydrogen-bond donors (Lipinski definition) is 1. The maximum atomic E-state index is 13.3. The van der Waals surface area contributed by atoms with Crippen LogP contribution in [0.2, 0.25) is 5.02 Å². The van der Waals surface area contributed by atoms with Crippen LogP contribution >= 0.6 is 11.6 Å². The summed E-state index contributed by atoms with van der Waals surface area (Å²) in [5.41, 5.74) is 2.87. The van der Waals surface area contributed by atoms with Gasteiger partial charge in [-0.3, -0.25) is 0 Å². The molecular weight excluding hydrogens is 392 g/mol. The Balaban J connectivity index is 1.56. The molecule has 0 aliphatic heterocycles. The molecule has 0 heterocycles. The van der Waals surface area contributed by atoms with Crippen molar-refractivity contribution in [1.29, 1.82) is 0 Å². The zero-order valence-corrected chi connectivity index (χ0v) is 17.0. The predicted molar refractivity (Wildman–Crippen MR) is 113 cm³/mol. The minimum absolute atomic E-state index is 0.273. The average Bonchev–Trinajstić information content (AvgIpc) is 2.72. The van der Waals surface area contributed by atoms with E-state index in [2.05, 4.69) is 12.2 Å². The lowest BCUT2D eigenvalue weighted by Gasteiger charge is -2.20. The molecule has 0 amide bonds. The summed E-state index contributed by atoms with van der Waals surface area (Å²) >= 11 is 5.92. The summed E-state index contributed by atoms with van der Waals surface area (Å²) in [7, 11) is 0. The van der Waals surface area contributed by atoms with Crippen LogP contribution in [0.25, 0.3) is 0 Å². The van der Waals surface area contributed by atoms with Crippen LogP contribution in [0.3, 0.4) is 0 Å². The van der Waals surface area contributed by atoms with Crippen LogP contribution in [-0.4, -0.2) is 19.2 Å². The number of hydrogen-bond acceptors (Lipinski definition) is 2. The van der Waals surface area contributed by atoms with Gasteiger partial charge in [-0.1, -0.05) is 48.0 Å². The van der Waals surface area contributed by atoms with E-state index < -0.39 is 0 Å². The van der Waals surface area contributed by atoms with Crippen molar-refractivity contribution in [3.8, 4) is 0 Å². The van der Waals surface area contributed by atoms with Crippen molar-refractivity contribution in [3.05, 3.63) is 106 Å². The standard InChI is InChI=1S/C24H24ClF2NO/c1-17(16-18-2-8-21(25)9-3-18)28-14-15-29-24(19-4-10-22(26)11-5-19)20-6-12-23(27)13-7-20/h2-13,17,24,28H,14-16H2,1H3. The Labute approximate surface area is 175 Å². The molecule has 0 saturated carbocycles. The minimum atomic E-state index is -0.385. The van der Waals surface area contributed by atoms with E-state index in [1.54, 1.807) is 24.3 Å². The van der Waals surface area contributed by atoms with Gasteiger partial charge in [-0.05, 0) is 66.4 Å². The van der Waals surface area contributed by atoms with E-state index in [1.807, 2.05) is 24.3 Å². The van der Waals surface area contributed by atoms with E-state index in [0.717, 1.165) is 22.6 Å². The number of halogens is 3. The molecule has 5 heteroatoms. The van der Waals surface area contributed by atoms with Gasteiger partial charge in [0, 0.05) is 17.6 Å². The van der Waals surface area contributed by atoms with Gasteiger partial charge >= 0.3 is 0 Å². The van der Waals surface area contributed by atoms with Gasteiger partial charge in [-0.2, -0.15) is 0 Å². The van der Waals surface area contributed by atoms with Crippen molar-refractivity contribution in [2.45, 2.75) is 25.5 Å². The average molecular weight is 416 g/mol. The van der Waals surface area contributed by atoms with Crippen molar-refractivity contribution >= 4 is 11.6 Å². The summed E-state index contributed by atoms with van der Waals surface area (Å²) in [6.45, 7) is 3.24. The van der Waals surface area contributed by atoms with Gasteiger partial charge in [0.05, 0.1) is 6.61 Å². The number of ether oxygens (including phenoxy) is 1. The van der Waals surface area contributed by atoms with Crippen molar-refractivity contribution in [2.24, 2.45) is 0 Å². The Bertz CT molecular complexity index is 837. The quantitative estimate of drug-likeness (QED) is 0.436. The van der Waals surface area contributed by atoms with Gasteiger partial charge in [-0.25, -0.2) is 8.78 Å². The summed E-state index contributed by atoms with van der Waals surface area (Å²) in [5, 5.41) is 4.18. The zero-order valence-electron chi connectivity index (χ0n) is 16.2. The highest BCUT2D eigenvalue weighted by atomic mass is 35.5. The van der Waals surface area contributed by atoms with E-state index in [9.17, 15) is 8.78 Å². The van der Waals surface area contributed by atoms with E-state index in [1.165, 1.54) is 29.8 Å². The lowest BCUT2D eigenvalue weighted by atomic mass is 10.0. The molecule has 1 N–H and O–H groups in total. The fourth-order valence-electron chi connectivity index (χ4n) is 3.19. The van der Waals surface area contributed by atoms with Crippen LogP contribution in [-0.2, 0) is 11.2 Å². The minimum Gasteiger partial charge on any atom is -0.367 e. The molecule has 0 radical (unpaired) electrons. The first kappa shape index (κ1) is 21.4. The Kier molecular flexibility index (Phi) is 7.76. The highest BCUT2D eigenvalue weighted by molar-refractivity contribution is 6.30. The van der Waals surface area contributed by atoms with Crippen LogP contribution in [0.15, 0.2) is 72.8 Å². The first-order chi connectivity index (χ1) is 14.0. The lowest BCUT2D eigenvalue weighted by Crippen LogP contribution is -2.31. The molecule has 1 atom stereocenters. The second-order valence-electron chi connectivity index (χ2n) is 7.04. The summed E-state index contributed by atoms with van der Waals surface area (Å²) in [6.07, 6.45) is 0.501. The van der Waals surface area contributed by atoms with Crippen LogP contribution < -0.4 is 5.32 Å². The molecule has 0 saturated heterocycles. The van der Waals surface area contributed by atoms with Crippen molar-refractivity contribution in [1.82, 2.24) is 5.32 Å². The molecule has 0 bridgehead atoms. The topological polar surface area (TPSA) is 21.3 Å². The molecule has 0 aromatic heterocycles. The maximum Gasteiger partial charge on any atom is 0.123 e. The second-order valence-corrected chi connectivity index (χ2v) is 7.48. The van der Waals surface area contributed by atoms with Gasteiger partial charge in [0.15, 0.2) is 0 Å². The maximum absolute atomic E-state index is 13.3. The van der Waals surface area contributed by atoms with Crippen molar-refractivity contribution in [2.75, 3.05) is 13.2 Å². The van der Waals surface area contributed by atoms with E-state index in [0.29, 0.717) is 13.2 Å². The molecule has 3 aromatic carbocycles. The number of benzene rings is 3. The fourth-order valence-corrected chi connectivity index (χ4v) is 3.31.